The van der Waals surface area contributed by atoms with E-state index < -0.39 is 10.1 Å². The summed E-state index contributed by atoms with van der Waals surface area (Å²) in [5.41, 5.74) is 2.69. The maximum atomic E-state index is 13.0. The number of hydrogen-bond acceptors (Lipinski definition) is 4. The first-order chi connectivity index (χ1) is 12.8. The fourth-order valence-corrected chi connectivity index (χ4v) is 3.08. The second kappa shape index (κ2) is 9.04. The molecule has 2 rings (SSSR count). The fourth-order valence-electron chi connectivity index (χ4n) is 2.56. The van der Waals surface area contributed by atoms with E-state index in [4.69, 9.17) is 4.18 Å². The Bertz CT molecular complexity index is 858. The van der Waals surface area contributed by atoms with E-state index in [2.05, 4.69) is 0 Å². The van der Waals surface area contributed by atoms with Crippen LogP contribution < -0.4 is 4.18 Å². The highest BCUT2D eigenvalue weighted by Gasteiger charge is 2.21. The summed E-state index contributed by atoms with van der Waals surface area (Å²) in [7, 11) is -3.54. The molecule has 0 heterocycles. The lowest BCUT2D eigenvalue weighted by molar-refractivity contribution is 0.0671. The second-order valence-electron chi connectivity index (χ2n) is 6.63. The zero-order chi connectivity index (χ0) is 20.0. The Morgan fingerprint density at radius 3 is 2.15 bits per heavy atom. The van der Waals surface area contributed by atoms with Crippen molar-refractivity contribution in [2.45, 2.75) is 46.7 Å². The molecular formula is C21H27NO4S. The van der Waals surface area contributed by atoms with Gasteiger partial charge in [-0.1, -0.05) is 36.8 Å². The van der Waals surface area contributed by atoms with Crippen molar-refractivity contribution in [3.8, 4) is 5.75 Å². The molecule has 0 aliphatic heterocycles. The van der Waals surface area contributed by atoms with E-state index in [-0.39, 0.29) is 23.5 Å². The number of benzene rings is 2. The number of rotatable bonds is 8. The topological polar surface area (TPSA) is 63.7 Å². The summed E-state index contributed by atoms with van der Waals surface area (Å²) in [5.74, 6) is 0.181. The predicted molar refractivity (Wildman–Crippen MR) is 107 cm³/mol. The predicted octanol–water partition coefficient (Wildman–Crippen LogP) is 4.16. The molecule has 0 N–H and O–H groups in total. The normalized spacial score (nSPS) is 12.4. The van der Waals surface area contributed by atoms with Crippen LogP contribution in [0.5, 0.6) is 5.75 Å². The molecule has 0 aliphatic carbocycles. The van der Waals surface area contributed by atoms with Crippen molar-refractivity contribution < 1.29 is 17.4 Å². The van der Waals surface area contributed by atoms with Crippen LogP contribution in [0.4, 0.5) is 0 Å². The molecule has 27 heavy (non-hydrogen) atoms. The summed E-state index contributed by atoms with van der Waals surface area (Å²) in [6, 6.07) is 14.5. The third-order valence-corrected chi connectivity index (χ3v) is 5.69. The summed E-state index contributed by atoms with van der Waals surface area (Å²) in [6.45, 7) is 8.04. The smallest absolute Gasteiger partial charge is 0.308 e. The number of amides is 1. The first-order valence-electron chi connectivity index (χ1n) is 9.14. The summed E-state index contributed by atoms with van der Waals surface area (Å²) >= 11 is 0. The van der Waals surface area contributed by atoms with Crippen LogP contribution in [0.3, 0.4) is 0 Å². The van der Waals surface area contributed by atoms with Crippen molar-refractivity contribution in [3.05, 3.63) is 65.2 Å². The maximum Gasteiger partial charge on any atom is 0.308 e. The third kappa shape index (κ3) is 5.82. The van der Waals surface area contributed by atoms with Gasteiger partial charge in [-0.05, 0) is 57.0 Å². The fraction of sp³-hybridized carbons (Fsp3) is 0.381. The van der Waals surface area contributed by atoms with Gasteiger partial charge >= 0.3 is 10.1 Å². The lowest BCUT2D eigenvalue weighted by Crippen LogP contribution is -2.37. The van der Waals surface area contributed by atoms with E-state index in [0.717, 1.165) is 17.5 Å². The van der Waals surface area contributed by atoms with E-state index in [1.165, 1.54) is 6.92 Å². The van der Waals surface area contributed by atoms with Crippen LogP contribution in [0.2, 0.25) is 0 Å². The Morgan fingerprint density at radius 1 is 1.04 bits per heavy atom. The monoisotopic (exact) mass is 389 g/mol. The number of hydrogen-bond donors (Lipinski definition) is 0. The Kier molecular flexibility index (Phi) is 7.02. The molecule has 6 heteroatoms. The average Bonchev–Trinajstić information content (AvgIpc) is 2.66. The summed E-state index contributed by atoms with van der Waals surface area (Å²) in [6.07, 6.45) is 0.841. The van der Waals surface area contributed by atoms with Gasteiger partial charge in [-0.15, -0.1) is 0 Å². The highest BCUT2D eigenvalue weighted by atomic mass is 32.2. The standard InChI is InChI=1S/C21H27NO4S/c1-5-17(4)22(21(23)19-11-7-16(3)8-12-19)15-18-9-13-20(14-10-18)26-27(24,25)6-2/h7-14,17H,5-6,15H2,1-4H3/t17-/m0/s1. The Labute approximate surface area is 162 Å². The number of aryl methyl sites for hydroxylation is 1. The molecule has 0 unspecified atom stereocenters. The highest BCUT2D eigenvalue weighted by Crippen LogP contribution is 2.19. The molecule has 0 spiro atoms. The number of nitrogens with zero attached hydrogens (tertiary/aromatic N) is 1. The van der Waals surface area contributed by atoms with Crippen molar-refractivity contribution >= 4 is 16.0 Å². The zero-order valence-electron chi connectivity index (χ0n) is 16.3. The number of carbonyl (C=O) groups is 1. The van der Waals surface area contributed by atoms with Crippen LogP contribution in [0.15, 0.2) is 48.5 Å². The van der Waals surface area contributed by atoms with Crippen molar-refractivity contribution in [2.75, 3.05) is 5.75 Å². The number of carbonyl (C=O) groups excluding carboxylic acids is 1. The van der Waals surface area contributed by atoms with E-state index in [9.17, 15) is 13.2 Å². The quantitative estimate of drug-likeness (QED) is 0.636. The molecule has 0 aliphatic rings. The molecule has 0 aromatic heterocycles. The first kappa shape index (κ1) is 21.0. The van der Waals surface area contributed by atoms with Gasteiger partial charge in [0.05, 0.1) is 5.75 Å². The van der Waals surface area contributed by atoms with Gasteiger partial charge in [0.2, 0.25) is 0 Å². The Morgan fingerprint density at radius 2 is 1.63 bits per heavy atom. The molecule has 146 valence electrons. The van der Waals surface area contributed by atoms with Crippen LogP contribution in [0.25, 0.3) is 0 Å². The average molecular weight is 390 g/mol. The van der Waals surface area contributed by atoms with E-state index in [0.29, 0.717) is 12.1 Å². The van der Waals surface area contributed by atoms with Crippen LogP contribution >= 0.6 is 0 Å². The maximum absolute atomic E-state index is 13.0. The van der Waals surface area contributed by atoms with Crippen LogP contribution in [0.1, 0.15) is 48.7 Å². The van der Waals surface area contributed by atoms with Crippen molar-refractivity contribution in [3.63, 3.8) is 0 Å². The SMILES string of the molecule is CC[C@H](C)N(Cc1ccc(OS(=O)(=O)CC)cc1)C(=O)c1ccc(C)cc1. The molecule has 5 nitrogen and oxygen atoms in total. The molecule has 2 aromatic carbocycles. The minimum absolute atomic E-state index is 0.0155. The highest BCUT2D eigenvalue weighted by molar-refractivity contribution is 7.87. The van der Waals surface area contributed by atoms with E-state index >= 15 is 0 Å². The van der Waals surface area contributed by atoms with Gasteiger partial charge < -0.3 is 9.08 Å². The molecule has 0 saturated heterocycles. The Balaban J connectivity index is 2.18. The Hall–Kier alpha value is -2.34. The zero-order valence-corrected chi connectivity index (χ0v) is 17.1. The van der Waals surface area contributed by atoms with Gasteiger partial charge in [0, 0.05) is 18.2 Å². The van der Waals surface area contributed by atoms with E-state index in [1.807, 2.05) is 49.9 Å². The summed E-state index contributed by atoms with van der Waals surface area (Å²) in [4.78, 5) is 14.8. The van der Waals surface area contributed by atoms with Gasteiger partial charge in [-0.2, -0.15) is 8.42 Å². The van der Waals surface area contributed by atoms with Crippen LogP contribution in [0, 0.1) is 6.92 Å². The molecular weight excluding hydrogens is 362 g/mol. The van der Waals surface area contributed by atoms with Crippen molar-refractivity contribution in [1.29, 1.82) is 0 Å². The van der Waals surface area contributed by atoms with E-state index in [1.54, 1.807) is 24.3 Å². The summed E-state index contributed by atoms with van der Waals surface area (Å²) in [5, 5.41) is 0. The molecule has 0 radical (unpaired) electrons. The second-order valence-corrected chi connectivity index (χ2v) is 8.49. The molecule has 0 bridgehead atoms. The van der Waals surface area contributed by atoms with Crippen molar-refractivity contribution in [1.82, 2.24) is 4.90 Å². The first-order valence-corrected chi connectivity index (χ1v) is 10.7. The molecule has 0 saturated carbocycles. The molecule has 0 fully saturated rings. The minimum Gasteiger partial charge on any atom is -0.382 e. The van der Waals surface area contributed by atoms with Gasteiger partial charge in [-0.25, -0.2) is 0 Å². The molecule has 2 aromatic rings. The largest absolute Gasteiger partial charge is 0.382 e. The molecule has 1 amide bonds. The third-order valence-electron chi connectivity index (χ3n) is 4.54. The van der Waals surface area contributed by atoms with Gasteiger partial charge in [0.1, 0.15) is 5.75 Å². The minimum atomic E-state index is -3.54. The summed E-state index contributed by atoms with van der Waals surface area (Å²) < 4.78 is 28.1. The van der Waals surface area contributed by atoms with Gasteiger partial charge in [0.25, 0.3) is 5.91 Å². The van der Waals surface area contributed by atoms with Crippen LogP contribution in [-0.2, 0) is 16.7 Å². The lowest BCUT2D eigenvalue weighted by atomic mass is 10.1. The van der Waals surface area contributed by atoms with Crippen molar-refractivity contribution in [2.24, 2.45) is 0 Å². The molecule has 1 atom stereocenters. The van der Waals surface area contributed by atoms with Gasteiger partial charge in [-0.3, -0.25) is 4.79 Å². The lowest BCUT2D eigenvalue weighted by Gasteiger charge is -2.29. The van der Waals surface area contributed by atoms with Crippen LogP contribution in [-0.4, -0.2) is 31.0 Å². The van der Waals surface area contributed by atoms with Gasteiger partial charge in [0.15, 0.2) is 0 Å².